The third-order valence-corrected chi connectivity index (χ3v) is 4.85. The maximum atomic E-state index is 10.8. The number of benzene rings is 2. The summed E-state index contributed by atoms with van der Waals surface area (Å²) < 4.78 is 0. The van der Waals surface area contributed by atoms with Crippen molar-refractivity contribution in [2.24, 2.45) is 0 Å². The third-order valence-electron chi connectivity index (χ3n) is 4.27. The van der Waals surface area contributed by atoms with E-state index in [2.05, 4.69) is 41.5 Å². The summed E-state index contributed by atoms with van der Waals surface area (Å²) in [7, 11) is 0. The fourth-order valence-electron chi connectivity index (χ4n) is 2.90. The zero-order valence-electron chi connectivity index (χ0n) is 15.7. The number of phenolic OH excluding ortho intramolecular Hbond substituents is 2. The van der Waals surface area contributed by atoms with Gasteiger partial charge >= 0.3 is 0 Å². The Bertz CT molecular complexity index is 739. The molecule has 0 bridgehead atoms. The molecule has 2 aromatic carbocycles. The minimum atomic E-state index is -0.176. The van der Waals surface area contributed by atoms with E-state index in [1.54, 1.807) is 12.1 Å². The molecule has 0 saturated heterocycles. The Morgan fingerprint density at radius 3 is 1.40 bits per heavy atom. The van der Waals surface area contributed by atoms with Crippen LogP contribution in [0.2, 0.25) is 10.0 Å². The van der Waals surface area contributed by atoms with Gasteiger partial charge in [-0.2, -0.15) is 0 Å². The standard InChI is InChI=1S/C21H26Cl2O2/c1-20(2,3)14-8-12(9-15(18(14)24)21(4,5)6)7-13-10-16(22)19(25)17(23)11-13/h8-11,24-25H,7H2,1-6H3. The second-order valence-corrected chi connectivity index (χ2v) is 9.44. The maximum Gasteiger partial charge on any atom is 0.152 e. The van der Waals surface area contributed by atoms with Crippen molar-refractivity contribution in [2.45, 2.75) is 58.8 Å². The number of hydrogen-bond acceptors (Lipinski definition) is 2. The summed E-state index contributed by atoms with van der Waals surface area (Å²) in [5, 5.41) is 21.0. The van der Waals surface area contributed by atoms with Gasteiger partial charge in [-0.1, -0.05) is 76.9 Å². The highest BCUT2D eigenvalue weighted by atomic mass is 35.5. The summed E-state index contributed by atoms with van der Waals surface area (Å²) in [6.45, 7) is 12.5. The Balaban J connectivity index is 2.58. The molecule has 0 aliphatic heterocycles. The molecular formula is C21H26Cl2O2. The van der Waals surface area contributed by atoms with Crippen molar-refractivity contribution in [3.63, 3.8) is 0 Å². The van der Waals surface area contributed by atoms with Gasteiger partial charge in [0.25, 0.3) is 0 Å². The molecule has 25 heavy (non-hydrogen) atoms. The van der Waals surface area contributed by atoms with Crippen LogP contribution in [0.4, 0.5) is 0 Å². The lowest BCUT2D eigenvalue weighted by molar-refractivity contribution is 0.423. The van der Waals surface area contributed by atoms with Crippen LogP contribution in [0.25, 0.3) is 0 Å². The molecule has 0 aliphatic carbocycles. The van der Waals surface area contributed by atoms with Crippen LogP contribution in [-0.2, 0) is 17.3 Å². The summed E-state index contributed by atoms with van der Waals surface area (Å²) in [6, 6.07) is 7.53. The van der Waals surface area contributed by atoms with Gasteiger partial charge in [0.1, 0.15) is 5.75 Å². The molecule has 0 spiro atoms. The van der Waals surface area contributed by atoms with Gasteiger partial charge in [-0.25, -0.2) is 0 Å². The topological polar surface area (TPSA) is 40.5 Å². The van der Waals surface area contributed by atoms with Crippen LogP contribution in [0.1, 0.15) is 63.8 Å². The van der Waals surface area contributed by atoms with Crippen molar-refractivity contribution in [3.8, 4) is 11.5 Å². The van der Waals surface area contributed by atoms with E-state index in [-0.39, 0.29) is 26.6 Å². The number of aromatic hydroxyl groups is 2. The van der Waals surface area contributed by atoms with Gasteiger partial charge < -0.3 is 10.2 Å². The van der Waals surface area contributed by atoms with E-state index in [0.717, 1.165) is 22.3 Å². The van der Waals surface area contributed by atoms with Crippen molar-refractivity contribution in [1.82, 2.24) is 0 Å². The van der Waals surface area contributed by atoms with Gasteiger partial charge in [-0.15, -0.1) is 0 Å². The number of hydrogen-bond donors (Lipinski definition) is 2. The Morgan fingerprint density at radius 1 is 0.680 bits per heavy atom. The Kier molecular flexibility index (Phi) is 5.37. The highest BCUT2D eigenvalue weighted by molar-refractivity contribution is 6.37. The van der Waals surface area contributed by atoms with Gasteiger partial charge in [-0.05, 0) is 51.6 Å². The molecule has 4 heteroatoms. The quantitative estimate of drug-likeness (QED) is 0.616. The van der Waals surface area contributed by atoms with Crippen molar-refractivity contribution in [3.05, 3.63) is 56.6 Å². The number of halogens is 2. The van der Waals surface area contributed by atoms with E-state index in [9.17, 15) is 10.2 Å². The zero-order chi connectivity index (χ0) is 19.2. The molecular weight excluding hydrogens is 355 g/mol. The molecule has 0 fully saturated rings. The molecule has 0 aromatic heterocycles. The maximum absolute atomic E-state index is 10.8. The number of rotatable bonds is 2. The monoisotopic (exact) mass is 380 g/mol. The fraction of sp³-hybridized carbons (Fsp3) is 0.429. The second kappa shape index (κ2) is 6.74. The van der Waals surface area contributed by atoms with Crippen molar-refractivity contribution in [2.75, 3.05) is 0 Å². The molecule has 0 saturated carbocycles. The van der Waals surface area contributed by atoms with Gasteiger partial charge in [0.15, 0.2) is 5.75 Å². The lowest BCUT2D eigenvalue weighted by atomic mass is 9.78. The Labute approximate surface area is 160 Å². The molecule has 136 valence electrons. The largest absolute Gasteiger partial charge is 0.507 e. The summed E-state index contributed by atoms with van der Waals surface area (Å²) in [5.41, 5.74) is 3.48. The first-order chi connectivity index (χ1) is 11.3. The first kappa shape index (κ1) is 19.9. The zero-order valence-corrected chi connectivity index (χ0v) is 17.2. The van der Waals surface area contributed by atoms with Crippen LogP contribution >= 0.6 is 23.2 Å². The minimum Gasteiger partial charge on any atom is -0.507 e. The molecule has 0 amide bonds. The molecule has 2 N–H and O–H groups in total. The summed E-state index contributed by atoms with van der Waals surface area (Å²) in [5.74, 6) is 0.272. The fourth-order valence-corrected chi connectivity index (χ4v) is 3.43. The molecule has 0 atom stereocenters. The molecule has 0 heterocycles. The second-order valence-electron chi connectivity index (χ2n) is 8.62. The molecule has 0 radical (unpaired) electrons. The number of phenols is 2. The molecule has 2 aromatic rings. The molecule has 0 unspecified atom stereocenters. The summed E-state index contributed by atoms with van der Waals surface area (Å²) in [4.78, 5) is 0. The lowest BCUT2D eigenvalue weighted by Crippen LogP contribution is -2.18. The first-order valence-corrected chi connectivity index (χ1v) is 9.10. The molecule has 2 rings (SSSR count). The van der Waals surface area contributed by atoms with E-state index in [1.807, 2.05) is 12.1 Å². The average Bonchev–Trinajstić information content (AvgIpc) is 2.44. The van der Waals surface area contributed by atoms with E-state index >= 15 is 0 Å². The highest BCUT2D eigenvalue weighted by Crippen LogP contribution is 2.40. The molecule has 0 aliphatic rings. The van der Waals surface area contributed by atoms with Crippen molar-refractivity contribution < 1.29 is 10.2 Å². The van der Waals surface area contributed by atoms with E-state index in [0.29, 0.717) is 12.2 Å². The third kappa shape index (κ3) is 4.43. The average molecular weight is 381 g/mol. The van der Waals surface area contributed by atoms with Crippen LogP contribution in [-0.4, -0.2) is 10.2 Å². The molecule has 2 nitrogen and oxygen atoms in total. The lowest BCUT2D eigenvalue weighted by Gasteiger charge is -2.28. The van der Waals surface area contributed by atoms with Gasteiger partial charge in [0.05, 0.1) is 10.0 Å². The predicted octanol–water partition coefficient (Wildman–Crippen LogP) is 6.59. The summed E-state index contributed by atoms with van der Waals surface area (Å²) >= 11 is 12.1. The van der Waals surface area contributed by atoms with E-state index in [4.69, 9.17) is 23.2 Å². The van der Waals surface area contributed by atoms with Crippen molar-refractivity contribution >= 4 is 23.2 Å². The SMILES string of the molecule is CC(C)(C)c1cc(Cc2cc(Cl)c(O)c(Cl)c2)cc(C(C)(C)C)c1O. The minimum absolute atomic E-state index is 0.0939. The Hall–Kier alpha value is -1.38. The summed E-state index contributed by atoms with van der Waals surface area (Å²) in [6.07, 6.45) is 0.617. The van der Waals surface area contributed by atoms with Crippen LogP contribution in [0.5, 0.6) is 11.5 Å². The normalized spacial score (nSPS) is 12.5. The van der Waals surface area contributed by atoms with E-state index in [1.165, 1.54) is 0 Å². The Morgan fingerprint density at radius 2 is 1.04 bits per heavy atom. The van der Waals surface area contributed by atoms with Crippen LogP contribution in [0, 0.1) is 0 Å². The van der Waals surface area contributed by atoms with Crippen LogP contribution in [0.15, 0.2) is 24.3 Å². The first-order valence-electron chi connectivity index (χ1n) is 8.34. The van der Waals surface area contributed by atoms with Crippen molar-refractivity contribution in [1.29, 1.82) is 0 Å². The van der Waals surface area contributed by atoms with Crippen LogP contribution in [0.3, 0.4) is 0 Å². The van der Waals surface area contributed by atoms with Crippen LogP contribution < -0.4 is 0 Å². The van der Waals surface area contributed by atoms with E-state index < -0.39 is 0 Å². The van der Waals surface area contributed by atoms with Gasteiger partial charge in [0.2, 0.25) is 0 Å². The predicted molar refractivity (Wildman–Crippen MR) is 106 cm³/mol. The highest BCUT2D eigenvalue weighted by Gasteiger charge is 2.26. The smallest absolute Gasteiger partial charge is 0.152 e. The van der Waals surface area contributed by atoms with Gasteiger partial charge in [-0.3, -0.25) is 0 Å². The van der Waals surface area contributed by atoms with Gasteiger partial charge in [0, 0.05) is 0 Å².